The normalized spacial score (nSPS) is 24.9. The molecule has 0 aliphatic heterocycles. The van der Waals surface area contributed by atoms with Gasteiger partial charge in [0.15, 0.2) is 0 Å². The number of halogens is 1. The zero-order chi connectivity index (χ0) is 14.5. The van der Waals surface area contributed by atoms with Crippen molar-refractivity contribution in [2.75, 3.05) is 0 Å². The molecule has 3 unspecified atom stereocenters. The van der Waals surface area contributed by atoms with Crippen LogP contribution in [-0.4, -0.2) is 22.3 Å². The Bertz CT molecular complexity index is 444. The predicted molar refractivity (Wildman–Crippen MR) is 78.9 cm³/mol. The molecule has 1 aliphatic carbocycles. The third-order valence-corrected chi connectivity index (χ3v) is 4.49. The van der Waals surface area contributed by atoms with Gasteiger partial charge in [0.1, 0.15) is 0 Å². The molecule has 3 nitrogen and oxygen atoms in total. The van der Waals surface area contributed by atoms with Crippen molar-refractivity contribution in [2.24, 2.45) is 11.8 Å². The van der Waals surface area contributed by atoms with E-state index in [1.807, 2.05) is 12.1 Å². The Morgan fingerprint density at radius 1 is 1.20 bits per heavy atom. The van der Waals surface area contributed by atoms with Crippen LogP contribution in [-0.2, 0) is 11.2 Å². The van der Waals surface area contributed by atoms with Gasteiger partial charge in [0.25, 0.3) is 0 Å². The highest BCUT2D eigenvalue weighted by atomic mass is 35.5. The van der Waals surface area contributed by atoms with Crippen LogP contribution < -0.4 is 0 Å². The molecule has 2 rings (SSSR count). The summed E-state index contributed by atoms with van der Waals surface area (Å²) in [5.41, 5.74) is 0.957. The molecule has 1 saturated carbocycles. The van der Waals surface area contributed by atoms with E-state index in [0.717, 1.165) is 37.7 Å². The second-order valence-corrected chi connectivity index (χ2v) is 6.08. The van der Waals surface area contributed by atoms with Crippen LogP contribution in [0, 0.1) is 11.8 Å². The summed E-state index contributed by atoms with van der Waals surface area (Å²) in [6, 6.07) is 7.28. The summed E-state index contributed by atoms with van der Waals surface area (Å²) in [6.07, 6.45) is 4.55. The largest absolute Gasteiger partial charge is 0.481 e. The zero-order valence-corrected chi connectivity index (χ0v) is 12.2. The summed E-state index contributed by atoms with van der Waals surface area (Å²) >= 11 is 5.85. The number of hydrogen-bond donors (Lipinski definition) is 2. The van der Waals surface area contributed by atoms with Crippen LogP contribution in [0.4, 0.5) is 0 Å². The van der Waals surface area contributed by atoms with Gasteiger partial charge in [-0.2, -0.15) is 0 Å². The van der Waals surface area contributed by atoms with Crippen molar-refractivity contribution < 1.29 is 15.0 Å². The van der Waals surface area contributed by atoms with Crippen molar-refractivity contribution in [3.8, 4) is 0 Å². The van der Waals surface area contributed by atoms with Gasteiger partial charge in [-0.05, 0) is 42.9 Å². The number of hydrogen-bond acceptors (Lipinski definition) is 2. The minimum atomic E-state index is -0.814. The van der Waals surface area contributed by atoms with Gasteiger partial charge in [0.2, 0.25) is 0 Å². The average Bonchev–Trinajstić information content (AvgIpc) is 2.63. The minimum absolute atomic E-state index is 0.148. The summed E-state index contributed by atoms with van der Waals surface area (Å²) < 4.78 is 0. The van der Waals surface area contributed by atoms with Crippen LogP contribution in [0.1, 0.15) is 37.7 Å². The highest BCUT2D eigenvalue weighted by molar-refractivity contribution is 6.30. The first kappa shape index (κ1) is 15.3. The maximum Gasteiger partial charge on any atom is 0.307 e. The van der Waals surface area contributed by atoms with Crippen molar-refractivity contribution in [3.63, 3.8) is 0 Å². The molecule has 1 aromatic rings. The highest BCUT2D eigenvalue weighted by Crippen LogP contribution is 2.32. The third-order valence-electron chi connectivity index (χ3n) is 4.23. The fourth-order valence-corrected chi connectivity index (χ4v) is 3.21. The average molecular weight is 297 g/mol. The third kappa shape index (κ3) is 3.97. The van der Waals surface area contributed by atoms with E-state index in [9.17, 15) is 15.0 Å². The van der Waals surface area contributed by atoms with Crippen molar-refractivity contribution in [2.45, 2.75) is 44.6 Å². The standard InChI is InChI=1S/C16H21ClO3/c17-12-8-6-11(7-9-12)10-14(16(19)20)13-4-2-1-3-5-15(13)18/h6-9,13-15,18H,1-5,10H2,(H,19,20). The second-order valence-electron chi connectivity index (χ2n) is 5.64. The van der Waals surface area contributed by atoms with Gasteiger partial charge >= 0.3 is 5.97 Å². The molecule has 0 bridgehead atoms. The van der Waals surface area contributed by atoms with E-state index in [1.165, 1.54) is 0 Å². The predicted octanol–water partition coefficient (Wildman–Crippen LogP) is 3.52. The van der Waals surface area contributed by atoms with E-state index in [1.54, 1.807) is 12.1 Å². The Hall–Kier alpha value is -1.06. The van der Waals surface area contributed by atoms with Crippen LogP contribution in [0.2, 0.25) is 5.02 Å². The van der Waals surface area contributed by atoms with Gasteiger partial charge in [-0.15, -0.1) is 0 Å². The number of benzene rings is 1. The van der Waals surface area contributed by atoms with E-state index in [4.69, 9.17) is 11.6 Å². The Morgan fingerprint density at radius 2 is 1.85 bits per heavy atom. The first-order valence-electron chi connectivity index (χ1n) is 7.23. The van der Waals surface area contributed by atoms with Crippen molar-refractivity contribution in [3.05, 3.63) is 34.9 Å². The molecular formula is C16H21ClO3. The number of carboxylic acids is 1. The number of aliphatic hydroxyl groups excluding tert-OH is 1. The molecule has 0 radical (unpaired) electrons. The number of rotatable bonds is 4. The SMILES string of the molecule is O=C(O)C(Cc1ccc(Cl)cc1)C1CCCCCC1O. The lowest BCUT2D eigenvalue weighted by atomic mass is 9.80. The molecule has 1 aliphatic rings. The maximum absolute atomic E-state index is 11.6. The van der Waals surface area contributed by atoms with Crippen molar-refractivity contribution >= 4 is 17.6 Å². The van der Waals surface area contributed by atoms with Crippen LogP contribution in [0.25, 0.3) is 0 Å². The summed E-state index contributed by atoms with van der Waals surface area (Å²) in [6.45, 7) is 0. The molecule has 1 aromatic carbocycles. The first-order valence-corrected chi connectivity index (χ1v) is 7.61. The van der Waals surface area contributed by atoms with Gasteiger partial charge in [0, 0.05) is 5.02 Å². The van der Waals surface area contributed by atoms with Crippen molar-refractivity contribution in [1.29, 1.82) is 0 Å². The monoisotopic (exact) mass is 296 g/mol. The van der Waals surface area contributed by atoms with Gasteiger partial charge in [0.05, 0.1) is 12.0 Å². The molecule has 1 fully saturated rings. The number of carbonyl (C=O) groups is 1. The van der Waals surface area contributed by atoms with E-state index < -0.39 is 18.0 Å². The molecule has 0 aromatic heterocycles. The van der Waals surface area contributed by atoms with Crippen LogP contribution in [0.3, 0.4) is 0 Å². The molecule has 0 heterocycles. The summed E-state index contributed by atoms with van der Waals surface area (Å²) in [7, 11) is 0. The van der Waals surface area contributed by atoms with Crippen LogP contribution in [0.15, 0.2) is 24.3 Å². The van der Waals surface area contributed by atoms with Gasteiger partial charge in [-0.3, -0.25) is 4.79 Å². The Labute approximate surface area is 124 Å². The fourth-order valence-electron chi connectivity index (χ4n) is 3.08. The highest BCUT2D eigenvalue weighted by Gasteiger charge is 2.34. The second kappa shape index (κ2) is 7.09. The van der Waals surface area contributed by atoms with Gasteiger partial charge < -0.3 is 10.2 Å². The quantitative estimate of drug-likeness (QED) is 0.836. The summed E-state index contributed by atoms with van der Waals surface area (Å²) in [4.78, 5) is 11.6. The zero-order valence-electron chi connectivity index (χ0n) is 11.5. The summed E-state index contributed by atoms with van der Waals surface area (Å²) in [5, 5.41) is 20.4. The van der Waals surface area contributed by atoms with Crippen LogP contribution >= 0.6 is 11.6 Å². The Kier molecular flexibility index (Phi) is 5.44. The number of aliphatic carboxylic acids is 1. The molecule has 4 heteroatoms. The number of aliphatic hydroxyl groups is 1. The molecule has 0 saturated heterocycles. The lowest BCUT2D eigenvalue weighted by Crippen LogP contribution is -2.33. The van der Waals surface area contributed by atoms with E-state index >= 15 is 0 Å². The molecule has 110 valence electrons. The maximum atomic E-state index is 11.6. The lowest BCUT2D eigenvalue weighted by Gasteiger charge is -2.27. The number of carboxylic acid groups (broad SMARTS) is 1. The Morgan fingerprint density at radius 3 is 2.50 bits per heavy atom. The molecule has 0 spiro atoms. The molecule has 20 heavy (non-hydrogen) atoms. The van der Waals surface area contributed by atoms with Gasteiger partial charge in [-0.1, -0.05) is 43.0 Å². The smallest absolute Gasteiger partial charge is 0.307 e. The molecule has 3 atom stereocenters. The van der Waals surface area contributed by atoms with E-state index in [0.29, 0.717) is 11.4 Å². The summed E-state index contributed by atoms with van der Waals surface area (Å²) in [5.74, 6) is -1.49. The topological polar surface area (TPSA) is 57.5 Å². The molecule has 0 amide bonds. The Balaban J connectivity index is 2.13. The fraction of sp³-hybridized carbons (Fsp3) is 0.562. The van der Waals surface area contributed by atoms with Gasteiger partial charge in [-0.25, -0.2) is 0 Å². The minimum Gasteiger partial charge on any atom is -0.481 e. The van der Waals surface area contributed by atoms with Crippen molar-refractivity contribution in [1.82, 2.24) is 0 Å². The van der Waals surface area contributed by atoms with E-state index in [2.05, 4.69) is 0 Å². The molecular weight excluding hydrogens is 276 g/mol. The first-order chi connectivity index (χ1) is 9.58. The van der Waals surface area contributed by atoms with Crippen LogP contribution in [0.5, 0.6) is 0 Å². The lowest BCUT2D eigenvalue weighted by molar-refractivity contribution is -0.145. The van der Waals surface area contributed by atoms with E-state index in [-0.39, 0.29) is 5.92 Å². The molecule has 2 N–H and O–H groups in total.